The topological polar surface area (TPSA) is 57.8 Å². The molecular formula is C20H12F3N3O. The molecule has 3 aromatic carbocycles. The number of nitrogens with zero attached hydrogens (tertiary/aromatic N) is 1. The quantitative estimate of drug-likeness (QED) is 0.541. The summed E-state index contributed by atoms with van der Waals surface area (Å²) >= 11 is 0. The second-order valence-electron chi connectivity index (χ2n) is 5.88. The Kier molecular flexibility index (Phi) is 4.12. The Labute approximate surface area is 151 Å². The Balaban J connectivity index is 1.56. The number of hydrogen-bond acceptors (Lipinski definition) is 2. The molecule has 0 spiro atoms. The van der Waals surface area contributed by atoms with E-state index in [-0.39, 0.29) is 11.4 Å². The van der Waals surface area contributed by atoms with Crippen molar-refractivity contribution in [3.05, 3.63) is 83.7 Å². The molecule has 0 saturated carbocycles. The van der Waals surface area contributed by atoms with Crippen molar-refractivity contribution >= 4 is 22.6 Å². The summed E-state index contributed by atoms with van der Waals surface area (Å²) in [7, 11) is 0. The highest BCUT2D eigenvalue weighted by atomic mass is 19.2. The Morgan fingerprint density at radius 1 is 0.963 bits per heavy atom. The highest BCUT2D eigenvalue weighted by molar-refractivity contribution is 6.04. The van der Waals surface area contributed by atoms with Gasteiger partial charge in [-0.05, 0) is 54.6 Å². The number of hydrogen-bond donors (Lipinski definition) is 2. The van der Waals surface area contributed by atoms with E-state index in [0.717, 1.165) is 11.6 Å². The fourth-order valence-electron chi connectivity index (χ4n) is 2.71. The number of aromatic nitrogens is 2. The zero-order chi connectivity index (χ0) is 19.0. The lowest BCUT2D eigenvalue weighted by molar-refractivity contribution is 0.102. The number of amides is 1. The van der Waals surface area contributed by atoms with Crippen LogP contribution in [-0.2, 0) is 0 Å². The Morgan fingerprint density at radius 2 is 1.74 bits per heavy atom. The highest BCUT2D eigenvalue weighted by Crippen LogP contribution is 2.23. The normalized spacial score (nSPS) is 10.9. The first-order valence-electron chi connectivity index (χ1n) is 8.02. The third-order valence-electron chi connectivity index (χ3n) is 4.06. The minimum absolute atomic E-state index is 0.361. The molecule has 0 radical (unpaired) electrons. The number of nitrogens with one attached hydrogen (secondary N) is 2. The molecule has 0 aliphatic heterocycles. The first-order chi connectivity index (χ1) is 13.0. The molecule has 134 valence electrons. The number of carbonyl (C=O) groups is 1. The van der Waals surface area contributed by atoms with Gasteiger partial charge in [0.1, 0.15) is 11.6 Å². The zero-order valence-corrected chi connectivity index (χ0v) is 13.8. The maximum atomic E-state index is 13.7. The largest absolute Gasteiger partial charge is 0.338 e. The van der Waals surface area contributed by atoms with Gasteiger partial charge in [-0.1, -0.05) is 6.07 Å². The predicted octanol–water partition coefficient (Wildman–Crippen LogP) is 4.90. The van der Waals surface area contributed by atoms with E-state index in [2.05, 4.69) is 15.3 Å². The highest BCUT2D eigenvalue weighted by Gasteiger charge is 2.15. The minimum atomic E-state index is -1.19. The van der Waals surface area contributed by atoms with Crippen LogP contribution >= 0.6 is 0 Å². The molecule has 1 aromatic heterocycles. The molecule has 0 fully saturated rings. The molecule has 27 heavy (non-hydrogen) atoms. The van der Waals surface area contributed by atoms with E-state index >= 15 is 0 Å². The van der Waals surface area contributed by atoms with E-state index in [4.69, 9.17) is 0 Å². The van der Waals surface area contributed by atoms with Crippen molar-refractivity contribution in [2.45, 2.75) is 0 Å². The summed E-state index contributed by atoms with van der Waals surface area (Å²) < 4.78 is 40.2. The molecule has 1 amide bonds. The van der Waals surface area contributed by atoms with Crippen LogP contribution in [0.5, 0.6) is 0 Å². The number of halogens is 3. The first-order valence-corrected chi connectivity index (χ1v) is 8.02. The number of imidazole rings is 1. The van der Waals surface area contributed by atoms with Crippen molar-refractivity contribution in [1.82, 2.24) is 9.97 Å². The maximum Gasteiger partial charge on any atom is 0.258 e. The second kappa shape index (κ2) is 6.60. The lowest BCUT2D eigenvalue weighted by atomic mass is 10.1. The van der Waals surface area contributed by atoms with Crippen LogP contribution in [-0.4, -0.2) is 15.9 Å². The Hall–Kier alpha value is -3.61. The molecule has 0 aliphatic carbocycles. The number of fused-ring (bicyclic) bond motifs is 1. The zero-order valence-electron chi connectivity index (χ0n) is 13.8. The fraction of sp³-hybridized carbons (Fsp3) is 0. The van der Waals surface area contributed by atoms with E-state index in [9.17, 15) is 18.0 Å². The predicted molar refractivity (Wildman–Crippen MR) is 95.8 cm³/mol. The van der Waals surface area contributed by atoms with Crippen molar-refractivity contribution in [2.75, 3.05) is 5.32 Å². The monoisotopic (exact) mass is 367 g/mol. The number of anilines is 1. The summed E-state index contributed by atoms with van der Waals surface area (Å²) in [6.07, 6.45) is 0. The number of carbonyl (C=O) groups excluding carboxylic acids is 1. The molecule has 4 rings (SSSR count). The third-order valence-corrected chi connectivity index (χ3v) is 4.06. The van der Waals surface area contributed by atoms with Crippen molar-refractivity contribution in [3.63, 3.8) is 0 Å². The third kappa shape index (κ3) is 3.27. The standard InChI is InChI=1S/C20H12F3N3O/c21-12-6-9-16-17(10-12)26-19(25-16)11-4-7-13(8-5-11)24-20(27)14-2-1-3-15(22)18(14)23/h1-10H,(H,24,27)(H,25,26). The average molecular weight is 367 g/mol. The molecule has 4 nitrogen and oxygen atoms in total. The van der Waals surface area contributed by atoms with Gasteiger partial charge in [0.05, 0.1) is 16.6 Å². The average Bonchev–Trinajstić information content (AvgIpc) is 3.07. The van der Waals surface area contributed by atoms with Gasteiger partial charge in [-0.15, -0.1) is 0 Å². The molecule has 0 saturated heterocycles. The molecule has 0 aliphatic rings. The summed E-state index contributed by atoms with van der Waals surface area (Å²) in [5.41, 5.74) is 1.96. The van der Waals surface area contributed by atoms with Crippen LogP contribution in [0.4, 0.5) is 18.9 Å². The van der Waals surface area contributed by atoms with Crippen molar-refractivity contribution < 1.29 is 18.0 Å². The number of H-pyrrole nitrogens is 1. The van der Waals surface area contributed by atoms with Crippen LogP contribution in [0.2, 0.25) is 0 Å². The molecular weight excluding hydrogens is 355 g/mol. The van der Waals surface area contributed by atoms with Crippen LogP contribution in [0.3, 0.4) is 0 Å². The van der Waals surface area contributed by atoms with Gasteiger partial charge in [0.25, 0.3) is 5.91 Å². The number of rotatable bonds is 3. The molecule has 2 N–H and O–H groups in total. The summed E-state index contributed by atoms with van der Waals surface area (Å²) in [6, 6.07) is 14.3. The molecule has 0 bridgehead atoms. The van der Waals surface area contributed by atoms with Crippen molar-refractivity contribution in [3.8, 4) is 11.4 Å². The first kappa shape index (κ1) is 16.8. The lowest BCUT2D eigenvalue weighted by Gasteiger charge is -2.07. The van der Waals surface area contributed by atoms with Crippen LogP contribution in [0.25, 0.3) is 22.4 Å². The SMILES string of the molecule is O=C(Nc1ccc(-c2nc3ccc(F)cc3[nH]2)cc1)c1cccc(F)c1F. The molecule has 7 heteroatoms. The van der Waals surface area contributed by atoms with Crippen LogP contribution < -0.4 is 5.32 Å². The van der Waals surface area contributed by atoms with Gasteiger partial charge >= 0.3 is 0 Å². The van der Waals surface area contributed by atoms with Crippen molar-refractivity contribution in [2.24, 2.45) is 0 Å². The second-order valence-corrected chi connectivity index (χ2v) is 5.88. The van der Waals surface area contributed by atoms with Gasteiger partial charge in [0.15, 0.2) is 11.6 Å². The van der Waals surface area contributed by atoms with Gasteiger partial charge < -0.3 is 10.3 Å². The van der Waals surface area contributed by atoms with E-state index in [1.165, 1.54) is 24.3 Å². The van der Waals surface area contributed by atoms with Crippen LogP contribution in [0.15, 0.2) is 60.7 Å². The Bertz CT molecular complexity index is 1150. The lowest BCUT2D eigenvalue weighted by Crippen LogP contribution is -2.14. The van der Waals surface area contributed by atoms with Crippen LogP contribution in [0.1, 0.15) is 10.4 Å². The number of aromatic amines is 1. The molecule has 1 heterocycles. The molecule has 0 unspecified atom stereocenters. The van der Waals surface area contributed by atoms with E-state index in [1.54, 1.807) is 30.3 Å². The summed E-state index contributed by atoms with van der Waals surface area (Å²) in [6.45, 7) is 0. The summed E-state index contributed by atoms with van der Waals surface area (Å²) in [4.78, 5) is 19.5. The molecule has 0 atom stereocenters. The van der Waals surface area contributed by atoms with Crippen LogP contribution in [0, 0.1) is 17.5 Å². The van der Waals surface area contributed by atoms with Gasteiger partial charge in [0.2, 0.25) is 0 Å². The molecule has 4 aromatic rings. The minimum Gasteiger partial charge on any atom is -0.338 e. The van der Waals surface area contributed by atoms with Gasteiger partial charge in [0, 0.05) is 11.3 Å². The number of benzene rings is 3. The van der Waals surface area contributed by atoms with Gasteiger partial charge in [-0.2, -0.15) is 0 Å². The summed E-state index contributed by atoms with van der Waals surface area (Å²) in [5.74, 6) is -2.84. The van der Waals surface area contributed by atoms with Gasteiger partial charge in [-0.25, -0.2) is 18.2 Å². The smallest absolute Gasteiger partial charge is 0.258 e. The van der Waals surface area contributed by atoms with Crippen molar-refractivity contribution in [1.29, 1.82) is 0 Å². The van der Waals surface area contributed by atoms with Gasteiger partial charge in [-0.3, -0.25) is 4.79 Å². The van der Waals surface area contributed by atoms with E-state index in [0.29, 0.717) is 22.5 Å². The van der Waals surface area contributed by atoms with E-state index < -0.39 is 17.5 Å². The summed E-state index contributed by atoms with van der Waals surface area (Å²) in [5, 5.41) is 2.51. The van der Waals surface area contributed by atoms with E-state index in [1.807, 2.05) is 0 Å². The Morgan fingerprint density at radius 3 is 2.52 bits per heavy atom. The maximum absolute atomic E-state index is 13.7. The fourth-order valence-corrected chi connectivity index (χ4v) is 2.71.